The van der Waals surface area contributed by atoms with Crippen LogP contribution in [0.25, 0.3) is 0 Å². The van der Waals surface area contributed by atoms with Crippen molar-refractivity contribution in [3.8, 4) is 0 Å². The number of ketones is 1. The summed E-state index contributed by atoms with van der Waals surface area (Å²) >= 11 is 0. The molecule has 1 aromatic heterocycles. The molecule has 0 fully saturated rings. The number of esters is 1. The van der Waals surface area contributed by atoms with Crippen molar-refractivity contribution in [3.63, 3.8) is 0 Å². The van der Waals surface area contributed by atoms with Crippen LogP contribution in [0.4, 0.5) is 0 Å². The lowest BCUT2D eigenvalue weighted by molar-refractivity contribution is 0.0596. The molecular formula is C18H19NO3. The van der Waals surface area contributed by atoms with Gasteiger partial charge >= 0.3 is 5.97 Å². The van der Waals surface area contributed by atoms with Gasteiger partial charge in [-0.25, -0.2) is 4.79 Å². The highest BCUT2D eigenvalue weighted by Crippen LogP contribution is 2.26. The highest BCUT2D eigenvalue weighted by molar-refractivity contribution is 6.15. The van der Waals surface area contributed by atoms with Crippen LogP contribution in [0.1, 0.15) is 37.7 Å². The molecular weight excluding hydrogens is 278 g/mol. The summed E-state index contributed by atoms with van der Waals surface area (Å²) < 4.78 is 6.76. The van der Waals surface area contributed by atoms with E-state index in [9.17, 15) is 9.59 Å². The molecule has 1 heterocycles. The van der Waals surface area contributed by atoms with Gasteiger partial charge < -0.3 is 9.30 Å². The van der Waals surface area contributed by atoms with E-state index in [1.165, 1.54) is 7.11 Å². The van der Waals surface area contributed by atoms with Crippen LogP contribution >= 0.6 is 0 Å². The molecule has 2 rings (SSSR count). The molecule has 0 N–H and O–H groups in total. The summed E-state index contributed by atoms with van der Waals surface area (Å²) in [7, 11) is 1.32. The Hall–Kier alpha value is -2.62. The molecule has 1 aromatic carbocycles. The molecule has 0 bridgehead atoms. The van der Waals surface area contributed by atoms with Crippen molar-refractivity contribution in [1.82, 2.24) is 4.57 Å². The molecule has 0 aliphatic carbocycles. The fourth-order valence-electron chi connectivity index (χ4n) is 2.65. The van der Waals surface area contributed by atoms with Crippen LogP contribution in [-0.2, 0) is 11.3 Å². The first-order valence-electron chi connectivity index (χ1n) is 7.01. The summed E-state index contributed by atoms with van der Waals surface area (Å²) in [6.07, 6.45) is 1.73. The largest absolute Gasteiger partial charge is 0.465 e. The van der Waals surface area contributed by atoms with Gasteiger partial charge in [0.15, 0.2) is 5.78 Å². The summed E-state index contributed by atoms with van der Waals surface area (Å²) in [5.41, 5.74) is 2.73. The second-order valence-corrected chi connectivity index (χ2v) is 5.01. The standard InChI is InChI=1S/C18H19NO3/c1-5-11-19-12(2)15(16(13(19)3)18(21)22-4)17(20)14-9-7-6-8-10-14/h5-10H,1,11H2,2-4H3. The lowest BCUT2D eigenvalue weighted by Gasteiger charge is -2.06. The van der Waals surface area contributed by atoms with Crippen LogP contribution in [0.2, 0.25) is 0 Å². The highest BCUT2D eigenvalue weighted by atomic mass is 16.5. The van der Waals surface area contributed by atoms with Crippen LogP contribution in [0.15, 0.2) is 43.0 Å². The normalized spacial score (nSPS) is 10.3. The Morgan fingerprint density at radius 1 is 1.14 bits per heavy atom. The minimum absolute atomic E-state index is 0.176. The summed E-state index contributed by atoms with van der Waals surface area (Å²) in [5.74, 6) is -0.674. The van der Waals surface area contributed by atoms with E-state index in [1.54, 1.807) is 30.3 Å². The number of methoxy groups -OCH3 is 1. The first-order chi connectivity index (χ1) is 10.5. The van der Waals surface area contributed by atoms with Crippen LogP contribution in [-0.4, -0.2) is 23.4 Å². The summed E-state index contributed by atoms with van der Waals surface area (Å²) in [6, 6.07) is 8.92. The fourth-order valence-corrected chi connectivity index (χ4v) is 2.65. The lowest BCUT2D eigenvalue weighted by atomic mass is 9.99. The van der Waals surface area contributed by atoms with E-state index in [-0.39, 0.29) is 5.78 Å². The summed E-state index contributed by atoms with van der Waals surface area (Å²) in [6.45, 7) is 7.90. The molecule has 22 heavy (non-hydrogen) atoms. The molecule has 4 nitrogen and oxygen atoms in total. The maximum atomic E-state index is 12.8. The van der Waals surface area contributed by atoms with Crippen molar-refractivity contribution < 1.29 is 14.3 Å². The van der Waals surface area contributed by atoms with Crippen molar-refractivity contribution in [2.45, 2.75) is 20.4 Å². The van der Waals surface area contributed by atoms with E-state index in [0.29, 0.717) is 28.9 Å². The van der Waals surface area contributed by atoms with Gasteiger partial charge in [-0.05, 0) is 13.8 Å². The van der Waals surface area contributed by atoms with Crippen LogP contribution in [0.5, 0.6) is 0 Å². The zero-order chi connectivity index (χ0) is 16.3. The predicted octanol–water partition coefficient (Wildman–Crippen LogP) is 3.31. The van der Waals surface area contributed by atoms with Crippen molar-refractivity contribution in [1.29, 1.82) is 0 Å². The van der Waals surface area contributed by atoms with Crippen molar-refractivity contribution in [3.05, 3.63) is 71.1 Å². The van der Waals surface area contributed by atoms with E-state index in [4.69, 9.17) is 4.74 Å². The highest BCUT2D eigenvalue weighted by Gasteiger charge is 2.28. The van der Waals surface area contributed by atoms with Crippen LogP contribution in [0.3, 0.4) is 0 Å². The molecule has 0 saturated carbocycles. The number of benzene rings is 1. The number of ether oxygens (including phenoxy) is 1. The molecule has 0 radical (unpaired) electrons. The number of carbonyl (C=O) groups is 2. The van der Waals surface area contributed by atoms with Crippen molar-refractivity contribution in [2.75, 3.05) is 7.11 Å². The lowest BCUT2D eigenvalue weighted by Crippen LogP contribution is -2.11. The van der Waals surface area contributed by atoms with Gasteiger partial charge in [-0.15, -0.1) is 6.58 Å². The van der Waals surface area contributed by atoms with Gasteiger partial charge in [0.1, 0.15) is 0 Å². The Bertz CT molecular complexity index is 727. The van der Waals surface area contributed by atoms with Gasteiger partial charge in [-0.1, -0.05) is 36.4 Å². The molecule has 0 spiro atoms. The number of hydrogen-bond acceptors (Lipinski definition) is 3. The number of hydrogen-bond donors (Lipinski definition) is 0. The average molecular weight is 297 g/mol. The van der Waals surface area contributed by atoms with Crippen LogP contribution in [0, 0.1) is 13.8 Å². The zero-order valence-corrected chi connectivity index (χ0v) is 13.1. The van der Waals surface area contributed by atoms with E-state index in [1.807, 2.05) is 24.5 Å². The average Bonchev–Trinajstić information content (AvgIpc) is 2.79. The van der Waals surface area contributed by atoms with Gasteiger partial charge in [-0.2, -0.15) is 0 Å². The van der Waals surface area contributed by atoms with Gasteiger partial charge in [-0.3, -0.25) is 4.79 Å². The first-order valence-corrected chi connectivity index (χ1v) is 7.01. The number of aromatic nitrogens is 1. The number of nitrogens with zero attached hydrogens (tertiary/aromatic N) is 1. The molecule has 0 atom stereocenters. The molecule has 0 saturated heterocycles. The second kappa shape index (κ2) is 6.43. The smallest absolute Gasteiger partial charge is 0.340 e. The second-order valence-electron chi connectivity index (χ2n) is 5.01. The summed E-state index contributed by atoms with van der Waals surface area (Å²) in [4.78, 5) is 25.0. The number of carbonyl (C=O) groups excluding carboxylic acids is 2. The minimum atomic E-state index is -0.498. The Kier molecular flexibility index (Phi) is 4.61. The maximum absolute atomic E-state index is 12.8. The fraction of sp³-hybridized carbons (Fsp3) is 0.222. The zero-order valence-electron chi connectivity index (χ0n) is 13.1. The quantitative estimate of drug-likeness (QED) is 0.483. The third-order valence-corrected chi connectivity index (χ3v) is 3.75. The third-order valence-electron chi connectivity index (χ3n) is 3.75. The number of allylic oxidation sites excluding steroid dienone is 1. The first kappa shape index (κ1) is 15.8. The molecule has 114 valence electrons. The molecule has 0 unspecified atom stereocenters. The van der Waals surface area contributed by atoms with Crippen molar-refractivity contribution in [2.24, 2.45) is 0 Å². The van der Waals surface area contributed by atoms with E-state index in [2.05, 4.69) is 6.58 Å². The molecule has 4 heteroatoms. The maximum Gasteiger partial charge on any atom is 0.340 e. The Balaban J connectivity index is 2.68. The van der Waals surface area contributed by atoms with Crippen molar-refractivity contribution >= 4 is 11.8 Å². The Morgan fingerprint density at radius 3 is 2.27 bits per heavy atom. The Morgan fingerprint density at radius 2 is 1.73 bits per heavy atom. The van der Waals surface area contributed by atoms with E-state index in [0.717, 1.165) is 5.69 Å². The van der Waals surface area contributed by atoms with Gasteiger partial charge in [0.25, 0.3) is 0 Å². The van der Waals surface area contributed by atoms with Crippen LogP contribution < -0.4 is 0 Å². The Labute approximate surface area is 130 Å². The van der Waals surface area contributed by atoms with Gasteiger partial charge in [0, 0.05) is 23.5 Å². The van der Waals surface area contributed by atoms with E-state index < -0.39 is 5.97 Å². The third kappa shape index (κ3) is 2.60. The molecule has 0 amide bonds. The van der Waals surface area contributed by atoms with Gasteiger partial charge in [0.2, 0.25) is 0 Å². The SMILES string of the molecule is C=CCn1c(C)c(C(=O)OC)c(C(=O)c2ccccc2)c1C. The van der Waals surface area contributed by atoms with Gasteiger partial charge in [0.05, 0.1) is 18.2 Å². The summed E-state index contributed by atoms with van der Waals surface area (Å²) in [5, 5.41) is 0. The molecule has 0 aliphatic rings. The minimum Gasteiger partial charge on any atom is -0.465 e. The topological polar surface area (TPSA) is 48.3 Å². The number of rotatable bonds is 5. The van der Waals surface area contributed by atoms with E-state index >= 15 is 0 Å². The monoisotopic (exact) mass is 297 g/mol. The predicted molar refractivity (Wildman–Crippen MR) is 85.3 cm³/mol. The molecule has 2 aromatic rings. The molecule has 0 aliphatic heterocycles.